The Kier molecular flexibility index (Phi) is 4.37. The van der Waals surface area contributed by atoms with Gasteiger partial charge in [-0.1, -0.05) is 42.5 Å². The van der Waals surface area contributed by atoms with Crippen molar-refractivity contribution in [2.45, 2.75) is 25.4 Å². The topological polar surface area (TPSA) is 46.2 Å². The molecule has 2 nitrogen and oxygen atoms in total. The summed E-state index contributed by atoms with van der Waals surface area (Å²) in [5.74, 6) is 0. The summed E-state index contributed by atoms with van der Waals surface area (Å²) in [4.78, 5) is 0. The van der Waals surface area contributed by atoms with Crippen LogP contribution >= 0.6 is 0 Å². The van der Waals surface area contributed by atoms with Crippen molar-refractivity contribution in [1.29, 1.82) is 0 Å². The first kappa shape index (κ1) is 12.7. The molecule has 2 heteroatoms. The zero-order chi connectivity index (χ0) is 12.8. The van der Waals surface area contributed by atoms with Crippen LogP contribution in [-0.4, -0.2) is 5.11 Å². The molecule has 0 heterocycles. The Bertz CT molecular complexity index is 464. The predicted octanol–water partition coefficient (Wildman–Crippen LogP) is 3.33. The number of hydrogen-bond acceptors (Lipinski definition) is 2. The largest absolute Gasteiger partial charge is 0.399 e. The lowest BCUT2D eigenvalue weighted by Gasteiger charge is -2.11. The fourth-order valence-corrected chi connectivity index (χ4v) is 2.03. The van der Waals surface area contributed by atoms with Gasteiger partial charge in [0.25, 0.3) is 0 Å². The molecule has 0 fully saturated rings. The van der Waals surface area contributed by atoms with E-state index in [-0.39, 0.29) is 0 Å². The summed E-state index contributed by atoms with van der Waals surface area (Å²) in [6, 6.07) is 17.8. The molecule has 2 aromatic rings. The minimum absolute atomic E-state index is 0.394. The average Bonchev–Trinajstić information content (AvgIpc) is 2.40. The molecule has 3 N–H and O–H groups in total. The molecule has 2 aromatic carbocycles. The Morgan fingerprint density at radius 2 is 1.61 bits per heavy atom. The van der Waals surface area contributed by atoms with E-state index in [1.54, 1.807) is 0 Å². The second kappa shape index (κ2) is 6.22. The van der Waals surface area contributed by atoms with Crippen LogP contribution in [0.4, 0.5) is 5.69 Å². The molecule has 18 heavy (non-hydrogen) atoms. The van der Waals surface area contributed by atoms with Gasteiger partial charge >= 0.3 is 0 Å². The van der Waals surface area contributed by atoms with Gasteiger partial charge in [-0.3, -0.25) is 0 Å². The number of nitrogens with two attached hydrogens (primary N) is 1. The first-order chi connectivity index (χ1) is 8.75. The van der Waals surface area contributed by atoms with Gasteiger partial charge in [-0.25, -0.2) is 0 Å². The molecule has 1 unspecified atom stereocenters. The van der Waals surface area contributed by atoms with Crippen molar-refractivity contribution in [2.24, 2.45) is 0 Å². The number of aliphatic hydroxyl groups is 1. The minimum Gasteiger partial charge on any atom is -0.399 e. The van der Waals surface area contributed by atoms with Crippen LogP contribution in [0.1, 0.15) is 30.1 Å². The summed E-state index contributed by atoms with van der Waals surface area (Å²) in [6.45, 7) is 0. The standard InChI is InChI=1S/C16H19NO/c17-15-11-9-14(10-12-15)16(18)8-4-7-13-5-2-1-3-6-13/h1-3,5-6,9-12,16,18H,4,7-8,17H2. The van der Waals surface area contributed by atoms with E-state index in [2.05, 4.69) is 12.1 Å². The number of aryl methyl sites for hydroxylation is 1. The summed E-state index contributed by atoms with van der Waals surface area (Å²) < 4.78 is 0. The van der Waals surface area contributed by atoms with E-state index in [0.29, 0.717) is 0 Å². The van der Waals surface area contributed by atoms with Gasteiger partial charge < -0.3 is 10.8 Å². The summed E-state index contributed by atoms with van der Waals surface area (Å²) in [5.41, 5.74) is 8.62. The fourth-order valence-electron chi connectivity index (χ4n) is 2.03. The van der Waals surface area contributed by atoms with Gasteiger partial charge in [0.15, 0.2) is 0 Å². The van der Waals surface area contributed by atoms with Crippen LogP contribution in [0.15, 0.2) is 54.6 Å². The maximum atomic E-state index is 10.0. The normalized spacial score (nSPS) is 12.3. The Labute approximate surface area is 108 Å². The van der Waals surface area contributed by atoms with E-state index in [1.165, 1.54) is 5.56 Å². The molecule has 0 saturated carbocycles. The lowest BCUT2D eigenvalue weighted by atomic mass is 10.0. The highest BCUT2D eigenvalue weighted by molar-refractivity contribution is 5.39. The summed E-state index contributed by atoms with van der Waals surface area (Å²) >= 11 is 0. The Hall–Kier alpha value is -1.80. The molecule has 0 bridgehead atoms. The van der Waals surface area contributed by atoms with E-state index in [0.717, 1.165) is 30.5 Å². The third-order valence-electron chi connectivity index (χ3n) is 3.11. The third kappa shape index (κ3) is 3.60. The van der Waals surface area contributed by atoms with E-state index in [1.807, 2.05) is 42.5 Å². The molecule has 0 spiro atoms. The fraction of sp³-hybridized carbons (Fsp3) is 0.250. The van der Waals surface area contributed by atoms with Gasteiger partial charge in [0.05, 0.1) is 6.10 Å². The van der Waals surface area contributed by atoms with Crippen LogP contribution in [0.3, 0.4) is 0 Å². The molecule has 0 radical (unpaired) electrons. The highest BCUT2D eigenvalue weighted by Gasteiger charge is 2.06. The van der Waals surface area contributed by atoms with Crippen molar-refractivity contribution < 1.29 is 5.11 Å². The zero-order valence-corrected chi connectivity index (χ0v) is 10.4. The van der Waals surface area contributed by atoms with Gasteiger partial charge in [-0.2, -0.15) is 0 Å². The van der Waals surface area contributed by atoms with Gasteiger partial charge in [-0.05, 0) is 42.5 Å². The zero-order valence-electron chi connectivity index (χ0n) is 10.4. The van der Waals surface area contributed by atoms with E-state index in [4.69, 9.17) is 5.73 Å². The van der Waals surface area contributed by atoms with Crippen molar-refractivity contribution in [2.75, 3.05) is 5.73 Å². The molecule has 94 valence electrons. The first-order valence-electron chi connectivity index (χ1n) is 6.33. The molecule has 0 saturated heterocycles. The number of aliphatic hydroxyl groups excluding tert-OH is 1. The van der Waals surface area contributed by atoms with Crippen LogP contribution in [0.25, 0.3) is 0 Å². The summed E-state index contributed by atoms with van der Waals surface area (Å²) in [6.07, 6.45) is 2.37. The van der Waals surface area contributed by atoms with E-state index in [9.17, 15) is 5.11 Å². The van der Waals surface area contributed by atoms with Crippen molar-refractivity contribution in [3.63, 3.8) is 0 Å². The monoisotopic (exact) mass is 241 g/mol. The molecule has 1 atom stereocenters. The van der Waals surface area contributed by atoms with Crippen LogP contribution in [0.2, 0.25) is 0 Å². The highest BCUT2D eigenvalue weighted by atomic mass is 16.3. The van der Waals surface area contributed by atoms with E-state index >= 15 is 0 Å². The molecular weight excluding hydrogens is 222 g/mol. The maximum absolute atomic E-state index is 10.0. The van der Waals surface area contributed by atoms with Crippen LogP contribution in [0.5, 0.6) is 0 Å². The van der Waals surface area contributed by atoms with Crippen molar-refractivity contribution in [3.8, 4) is 0 Å². The molecule has 0 aromatic heterocycles. The predicted molar refractivity (Wildman–Crippen MR) is 75.2 cm³/mol. The van der Waals surface area contributed by atoms with Crippen molar-refractivity contribution in [1.82, 2.24) is 0 Å². The summed E-state index contributed by atoms with van der Waals surface area (Å²) in [7, 11) is 0. The molecule has 0 aliphatic rings. The van der Waals surface area contributed by atoms with Crippen LogP contribution in [-0.2, 0) is 6.42 Å². The first-order valence-corrected chi connectivity index (χ1v) is 6.33. The highest BCUT2D eigenvalue weighted by Crippen LogP contribution is 2.20. The summed E-state index contributed by atoms with van der Waals surface area (Å²) in [5, 5.41) is 10.0. The van der Waals surface area contributed by atoms with E-state index < -0.39 is 6.10 Å². The third-order valence-corrected chi connectivity index (χ3v) is 3.11. The van der Waals surface area contributed by atoms with Gasteiger partial charge in [0.2, 0.25) is 0 Å². The molecule has 0 amide bonds. The molecule has 0 aliphatic heterocycles. The van der Waals surface area contributed by atoms with Crippen LogP contribution in [0, 0.1) is 0 Å². The van der Waals surface area contributed by atoms with Gasteiger partial charge in [0.1, 0.15) is 0 Å². The Balaban J connectivity index is 1.81. The molecule has 2 rings (SSSR count). The average molecular weight is 241 g/mol. The lowest BCUT2D eigenvalue weighted by molar-refractivity contribution is 0.164. The van der Waals surface area contributed by atoms with Crippen molar-refractivity contribution >= 4 is 5.69 Å². The number of benzene rings is 2. The Morgan fingerprint density at radius 3 is 2.28 bits per heavy atom. The maximum Gasteiger partial charge on any atom is 0.0790 e. The van der Waals surface area contributed by atoms with Crippen LogP contribution < -0.4 is 5.73 Å². The lowest BCUT2D eigenvalue weighted by Crippen LogP contribution is -1.99. The second-order valence-corrected chi connectivity index (χ2v) is 4.56. The minimum atomic E-state index is -0.394. The second-order valence-electron chi connectivity index (χ2n) is 4.56. The molecule has 0 aliphatic carbocycles. The van der Waals surface area contributed by atoms with Gasteiger partial charge in [0, 0.05) is 5.69 Å². The quantitative estimate of drug-likeness (QED) is 0.789. The smallest absolute Gasteiger partial charge is 0.0790 e. The van der Waals surface area contributed by atoms with Gasteiger partial charge in [-0.15, -0.1) is 0 Å². The number of anilines is 1. The SMILES string of the molecule is Nc1ccc(C(O)CCCc2ccccc2)cc1. The number of hydrogen-bond donors (Lipinski definition) is 2. The Morgan fingerprint density at radius 1 is 0.944 bits per heavy atom. The molecular formula is C16H19NO. The van der Waals surface area contributed by atoms with Crippen molar-refractivity contribution in [3.05, 3.63) is 65.7 Å². The number of rotatable bonds is 5. The number of nitrogen functional groups attached to an aromatic ring is 1.